The first-order valence-electron chi connectivity index (χ1n) is 6.95. The summed E-state index contributed by atoms with van der Waals surface area (Å²) in [5.41, 5.74) is 7.10. The van der Waals surface area contributed by atoms with Crippen molar-refractivity contribution in [1.82, 2.24) is 4.90 Å². The van der Waals surface area contributed by atoms with Crippen LogP contribution in [0, 0.1) is 0 Å². The Labute approximate surface area is 125 Å². The number of nitrogen functional groups attached to an aromatic ring is 1. The van der Waals surface area contributed by atoms with E-state index in [2.05, 4.69) is 0 Å². The van der Waals surface area contributed by atoms with Crippen LogP contribution in [0.1, 0.15) is 13.8 Å². The van der Waals surface area contributed by atoms with Gasteiger partial charge < -0.3 is 10.6 Å². The third kappa shape index (κ3) is 3.29. The van der Waals surface area contributed by atoms with E-state index in [-0.39, 0.29) is 18.3 Å². The average molecular weight is 311 g/mol. The standard InChI is InChI=1S/C14H21N3O3S/c1-11(2)21(19,20)10-9-16-7-8-17(14(16)18)13-6-4-3-5-12(13)15/h3-6,11H,7-10,15H2,1-2H3. The van der Waals surface area contributed by atoms with Gasteiger partial charge in [-0.25, -0.2) is 13.2 Å². The molecule has 0 atom stereocenters. The molecule has 1 aliphatic heterocycles. The van der Waals surface area contributed by atoms with E-state index in [9.17, 15) is 13.2 Å². The number of carbonyl (C=O) groups excluding carboxylic acids is 1. The maximum Gasteiger partial charge on any atom is 0.324 e. The van der Waals surface area contributed by atoms with Crippen molar-refractivity contribution < 1.29 is 13.2 Å². The molecule has 21 heavy (non-hydrogen) atoms. The fourth-order valence-corrected chi connectivity index (χ4v) is 3.17. The minimum Gasteiger partial charge on any atom is -0.397 e. The smallest absolute Gasteiger partial charge is 0.324 e. The van der Waals surface area contributed by atoms with Crippen LogP contribution < -0.4 is 10.6 Å². The fourth-order valence-electron chi connectivity index (χ4n) is 2.22. The second-order valence-electron chi connectivity index (χ2n) is 5.40. The molecule has 0 bridgehead atoms. The first-order valence-corrected chi connectivity index (χ1v) is 8.67. The molecule has 2 amide bonds. The molecule has 1 aromatic carbocycles. The van der Waals surface area contributed by atoms with Crippen molar-refractivity contribution >= 4 is 27.2 Å². The van der Waals surface area contributed by atoms with Gasteiger partial charge in [0.05, 0.1) is 22.4 Å². The average Bonchev–Trinajstić information content (AvgIpc) is 2.78. The van der Waals surface area contributed by atoms with Crippen molar-refractivity contribution in [2.24, 2.45) is 0 Å². The van der Waals surface area contributed by atoms with E-state index < -0.39 is 15.1 Å². The Balaban J connectivity index is 2.04. The number of para-hydroxylation sites is 2. The van der Waals surface area contributed by atoms with Gasteiger partial charge in [0, 0.05) is 19.6 Å². The summed E-state index contributed by atoms with van der Waals surface area (Å²) in [5.74, 6) is -0.00544. The highest BCUT2D eigenvalue weighted by Crippen LogP contribution is 2.26. The summed E-state index contributed by atoms with van der Waals surface area (Å²) >= 11 is 0. The normalized spacial score (nSPS) is 16.0. The van der Waals surface area contributed by atoms with Gasteiger partial charge in [0.25, 0.3) is 0 Å². The molecule has 6 nitrogen and oxygen atoms in total. The Hall–Kier alpha value is -1.76. The minimum absolute atomic E-state index is 0.00544. The quantitative estimate of drug-likeness (QED) is 0.832. The molecule has 1 saturated heterocycles. The van der Waals surface area contributed by atoms with Gasteiger partial charge in [-0.1, -0.05) is 12.1 Å². The van der Waals surface area contributed by atoms with Crippen LogP contribution in [0.4, 0.5) is 16.2 Å². The van der Waals surface area contributed by atoms with Crippen molar-refractivity contribution in [3.63, 3.8) is 0 Å². The van der Waals surface area contributed by atoms with E-state index in [0.29, 0.717) is 24.5 Å². The molecule has 0 aromatic heterocycles. The zero-order chi connectivity index (χ0) is 15.6. The summed E-state index contributed by atoms with van der Waals surface area (Å²) in [6.45, 7) is 4.56. The van der Waals surface area contributed by atoms with Crippen molar-refractivity contribution in [2.75, 3.05) is 36.0 Å². The summed E-state index contributed by atoms with van der Waals surface area (Å²) in [7, 11) is -3.14. The van der Waals surface area contributed by atoms with Gasteiger partial charge in [-0.05, 0) is 26.0 Å². The monoisotopic (exact) mass is 311 g/mol. The Morgan fingerprint density at radius 3 is 2.52 bits per heavy atom. The molecule has 2 N–H and O–H groups in total. The molecule has 1 fully saturated rings. The van der Waals surface area contributed by atoms with Gasteiger partial charge >= 0.3 is 6.03 Å². The van der Waals surface area contributed by atoms with Crippen molar-refractivity contribution in [3.8, 4) is 0 Å². The fraction of sp³-hybridized carbons (Fsp3) is 0.500. The number of amides is 2. The number of anilines is 2. The third-order valence-electron chi connectivity index (χ3n) is 3.69. The van der Waals surface area contributed by atoms with Crippen LogP contribution in [0.25, 0.3) is 0 Å². The molecule has 0 saturated carbocycles. The maximum atomic E-state index is 12.3. The molecule has 116 valence electrons. The second-order valence-corrected chi connectivity index (χ2v) is 8.07. The Morgan fingerprint density at radius 2 is 1.90 bits per heavy atom. The number of carbonyl (C=O) groups is 1. The van der Waals surface area contributed by atoms with Crippen molar-refractivity contribution in [3.05, 3.63) is 24.3 Å². The van der Waals surface area contributed by atoms with E-state index in [0.717, 1.165) is 0 Å². The predicted molar refractivity (Wildman–Crippen MR) is 84.1 cm³/mol. The van der Waals surface area contributed by atoms with Gasteiger partial charge in [-0.15, -0.1) is 0 Å². The van der Waals surface area contributed by atoms with E-state index in [1.807, 2.05) is 12.1 Å². The summed E-state index contributed by atoms with van der Waals surface area (Å²) in [5, 5.41) is -0.420. The molecular weight excluding hydrogens is 290 g/mol. The van der Waals surface area contributed by atoms with E-state index in [1.165, 1.54) is 0 Å². The number of sulfone groups is 1. The molecule has 0 radical (unpaired) electrons. The first-order chi connectivity index (χ1) is 9.83. The van der Waals surface area contributed by atoms with Crippen LogP contribution in [0.15, 0.2) is 24.3 Å². The molecule has 2 rings (SSSR count). The van der Waals surface area contributed by atoms with Gasteiger partial charge in [0.15, 0.2) is 9.84 Å². The molecule has 1 aromatic rings. The van der Waals surface area contributed by atoms with Crippen LogP contribution in [0.5, 0.6) is 0 Å². The zero-order valence-corrected chi connectivity index (χ0v) is 13.1. The van der Waals surface area contributed by atoms with Crippen molar-refractivity contribution in [2.45, 2.75) is 19.1 Å². The Morgan fingerprint density at radius 1 is 1.24 bits per heavy atom. The van der Waals surface area contributed by atoms with Crippen LogP contribution in [-0.2, 0) is 9.84 Å². The summed E-state index contributed by atoms with van der Waals surface area (Å²) < 4.78 is 23.7. The highest BCUT2D eigenvalue weighted by Gasteiger charge is 2.31. The van der Waals surface area contributed by atoms with E-state index >= 15 is 0 Å². The third-order valence-corrected chi connectivity index (χ3v) is 5.87. The molecule has 0 spiro atoms. The molecule has 1 aliphatic rings. The number of nitrogens with zero attached hydrogens (tertiary/aromatic N) is 2. The lowest BCUT2D eigenvalue weighted by atomic mass is 10.2. The number of rotatable bonds is 5. The maximum absolute atomic E-state index is 12.3. The molecule has 1 heterocycles. The number of benzene rings is 1. The van der Waals surface area contributed by atoms with Crippen LogP contribution in [0.2, 0.25) is 0 Å². The first kappa shape index (κ1) is 15.6. The number of urea groups is 1. The SMILES string of the molecule is CC(C)S(=O)(=O)CCN1CCN(c2ccccc2N)C1=O. The lowest BCUT2D eigenvalue weighted by molar-refractivity contribution is 0.223. The number of nitrogens with two attached hydrogens (primary N) is 1. The number of hydrogen-bond acceptors (Lipinski definition) is 4. The largest absolute Gasteiger partial charge is 0.397 e. The van der Waals surface area contributed by atoms with Gasteiger partial charge in [0.1, 0.15) is 0 Å². The highest BCUT2D eigenvalue weighted by atomic mass is 32.2. The van der Waals surface area contributed by atoms with E-state index in [1.54, 1.807) is 35.8 Å². The van der Waals surface area contributed by atoms with Crippen LogP contribution in [0.3, 0.4) is 0 Å². The zero-order valence-electron chi connectivity index (χ0n) is 12.3. The van der Waals surface area contributed by atoms with Gasteiger partial charge in [0.2, 0.25) is 0 Å². The molecule has 7 heteroatoms. The highest BCUT2D eigenvalue weighted by molar-refractivity contribution is 7.92. The lowest BCUT2D eigenvalue weighted by Gasteiger charge is -2.20. The molecule has 0 unspecified atom stereocenters. The van der Waals surface area contributed by atoms with Crippen LogP contribution in [-0.4, -0.2) is 50.0 Å². The van der Waals surface area contributed by atoms with Gasteiger partial charge in [-0.2, -0.15) is 0 Å². The predicted octanol–water partition coefficient (Wildman–Crippen LogP) is 1.33. The topological polar surface area (TPSA) is 83.7 Å². The van der Waals surface area contributed by atoms with E-state index in [4.69, 9.17) is 5.73 Å². The van der Waals surface area contributed by atoms with Gasteiger partial charge in [-0.3, -0.25) is 4.90 Å². The summed E-state index contributed by atoms with van der Waals surface area (Å²) in [6, 6.07) is 6.99. The lowest BCUT2D eigenvalue weighted by Crippen LogP contribution is -2.36. The number of hydrogen-bond donors (Lipinski definition) is 1. The van der Waals surface area contributed by atoms with Crippen molar-refractivity contribution in [1.29, 1.82) is 0 Å². The molecule has 0 aliphatic carbocycles. The summed E-state index contributed by atoms with van der Waals surface area (Å²) in [4.78, 5) is 15.5. The molecular formula is C14H21N3O3S. The summed E-state index contributed by atoms with van der Waals surface area (Å²) in [6.07, 6.45) is 0. The Kier molecular flexibility index (Phi) is 4.41. The van der Waals surface area contributed by atoms with Crippen LogP contribution >= 0.6 is 0 Å². The Bertz CT molecular complexity index is 628. The second kappa shape index (κ2) is 5.93. The minimum atomic E-state index is -3.14.